The van der Waals surface area contributed by atoms with E-state index in [1.807, 2.05) is 0 Å². The maximum atomic E-state index is 11.2. The highest BCUT2D eigenvalue weighted by molar-refractivity contribution is 8.13. The van der Waals surface area contributed by atoms with Crippen LogP contribution in [0.5, 0.6) is 5.75 Å². The Morgan fingerprint density at radius 1 is 1.28 bits per heavy atom. The number of benzene rings is 1. The molecule has 1 heterocycles. The lowest BCUT2D eigenvalue weighted by atomic mass is 10.3. The van der Waals surface area contributed by atoms with E-state index in [-0.39, 0.29) is 21.0 Å². The lowest BCUT2D eigenvalue weighted by molar-refractivity contribution is 0.141. The summed E-state index contributed by atoms with van der Waals surface area (Å²) in [6.45, 7) is 1.10. The number of rotatable bonds is 3. The van der Waals surface area contributed by atoms with Crippen LogP contribution in [0.3, 0.4) is 0 Å². The smallest absolute Gasteiger partial charge is 0.262 e. The quantitative estimate of drug-likeness (QED) is 0.799. The van der Waals surface area contributed by atoms with Gasteiger partial charge >= 0.3 is 0 Å². The third-order valence-corrected chi connectivity index (χ3v) is 4.51. The average Bonchev–Trinajstić information content (AvgIpc) is 2.74. The second-order valence-electron chi connectivity index (χ2n) is 3.75. The average molecular weight is 332 g/mol. The molecule has 1 aliphatic rings. The summed E-state index contributed by atoms with van der Waals surface area (Å²) in [6.07, 6.45) is 0.653. The van der Waals surface area contributed by atoms with E-state index in [1.54, 1.807) is 0 Å². The van der Waals surface area contributed by atoms with Gasteiger partial charge in [0.05, 0.1) is 23.3 Å². The first-order valence-electron chi connectivity index (χ1n) is 5.06. The van der Waals surface area contributed by atoms with Crippen LogP contribution in [0.2, 0.25) is 10.0 Å². The fraction of sp³-hybridized carbons (Fsp3) is 0.400. The van der Waals surface area contributed by atoms with Crippen molar-refractivity contribution in [3.63, 3.8) is 0 Å². The van der Waals surface area contributed by atoms with E-state index >= 15 is 0 Å². The highest BCUT2D eigenvalue weighted by Crippen LogP contribution is 2.35. The second kappa shape index (κ2) is 5.43. The summed E-state index contributed by atoms with van der Waals surface area (Å²) in [4.78, 5) is -0.231. The predicted molar refractivity (Wildman–Crippen MR) is 69.4 cm³/mol. The Hall–Kier alpha value is -0.200. The first-order chi connectivity index (χ1) is 8.38. The van der Waals surface area contributed by atoms with Crippen molar-refractivity contribution < 1.29 is 17.9 Å². The van der Waals surface area contributed by atoms with Crippen LogP contribution in [-0.4, -0.2) is 27.7 Å². The van der Waals surface area contributed by atoms with Gasteiger partial charge in [-0.1, -0.05) is 23.2 Å². The Morgan fingerprint density at radius 3 is 2.56 bits per heavy atom. The summed E-state index contributed by atoms with van der Waals surface area (Å²) < 4.78 is 33.2. The monoisotopic (exact) mass is 330 g/mol. The Bertz CT molecular complexity index is 552. The Balaban J connectivity index is 2.30. The first kappa shape index (κ1) is 14.2. The van der Waals surface area contributed by atoms with Gasteiger partial charge in [0.15, 0.2) is 0 Å². The van der Waals surface area contributed by atoms with Gasteiger partial charge < -0.3 is 9.47 Å². The minimum atomic E-state index is -3.92. The van der Waals surface area contributed by atoms with Gasteiger partial charge in [-0.15, -0.1) is 0 Å². The van der Waals surface area contributed by atoms with Gasteiger partial charge in [-0.25, -0.2) is 8.42 Å². The van der Waals surface area contributed by atoms with E-state index < -0.39 is 9.05 Å². The normalized spacial score (nSPS) is 20.1. The molecule has 1 atom stereocenters. The van der Waals surface area contributed by atoms with Crippen LogP contribution in [0, 0.1) is 0 Å². The van der Waals surface area contributed by atoms with Crippen molar-refractivity contribution in [1.82, 2.24) is 0 Å². The van der Waals surface area contributed by atoms with Gasteiger partial charge in [-0.05, 0) is 6.07 Å². The number of hydrogen-bond donors (Lipinski definition) is 0. The molecule has 0 aliphatic carbocycles. The summed E-state index contributed by atoms with van der Waals surface area (Å²) in [5.41, 5.74) is 0. The largest absolute Gasteiger partial charge is 0.486 e. The van der Waals surface area contributed by atoms with Crippen LogP contribution in [0.1, 0.15) is 6.42 Å². The standard InChI is InChI=1S/C10H9Cl3O4S/c11-7-4-10(18(13,14)15)8(12)3-9(7)17-6-1-2-16-5-6/h3-4,6H,1-2,5H2. The molecule has 0 bridgehead atoms. The topological polar surface area (TPSA) is 52.6 Å². The molecule has 0 radical (unpaired) electrons. The van der Waals surface area contributed by atoms with Crippen molar-refractivity contribution in [2.24, 2.45) is 0 Å². The highest BCUT2D eigenvalue weighted by atomic mass is 35.7. The van der Waals surface area contributed by atoms with E-state index in [1.165, 1.54) is 12.1 Å². The van der Waals surface area contributed by atoms with Gasteiger partial charge in [0.25, 0.3) is 9.05 Å². The molecule has 2 rings (SSSR count). The van der Waals surface area contributed by atoms with E-state index in [0.717, 1.165) is 6.42 Å². The van der Waals surface area contributed by atoms with Crippen LogP contribution in [0.25, 0.3) is 0 Å². The van der Waals surface area contributed by atoms with Crippen LogP contribution in [0.4, 0.5) is 0 Å². The summed E-state index contributed by atoms with van der Waals surface area (Å²) in [6, 6.07) is 2.52. The Labute approximate surface area is 119 Å². The van der Waals surface area contributed by atoms with Crippen LogP contribution >= 0.6 is 33.9 Å². The molecule has 1 aromatic carbocycles. The molecule has 1 saturated heterocycles. The maximum absolute atomic E-state index is 11.2. The van der Waals surface area contributed by atoms with Crippen molar-refractivity contribution in [2.75, 3.05) is 13.2 Å². The van der Waals surface area contributed by atoms with Gasteiger partial charge in [0, 0.05) is 23.2 Å². The van der Waals surface area contributed by atoms with Crippen molar-refractivity contribution in [3.8, 4) is 5.75 Å². The zero-order valence-corrected chi connectivity index (χ0v) is 12.1. The minimum Gasteiger partial charge on any atom is -0.486 e. The van der Waals surface area contributed by atoms with Gasteiger partial charge in [-0.3, -0.25) is 0 Å². The Morgan fingerprint density at radius 2 is 2.00 bits per heavy atom. The fourth-order valence-corrected chi connectivity index (χ4v) is 3.36. The lowest BCUT2D eigenvalue weighted by Gasteiger charge is -2.14. The number of hydrogen-bond acceptors (Lipinski definition) is 4. The van der Waals surface area contributed by atoms with Crippen LogP contribution in [-0.2, 0) is 13.8 Å². The third kappa shape index (κ3) is 3.22. The molecule has 4 nitrogen and oxygen atoms in total. The van der Waals surface area contributed by atoms with Gasteiger partial charge in [0.2, 0.25) is 0 Å². The molecule has 0 spiro atoms. The van der Waals surface area contributed by atoms with Crippen molar-refractivity contribution in [3.05, 3.63) is 22.2 Å². The molecular formula is C10H9Cl3O4S. The summed E-state index contributed by atoms with van der Waals surface area (Å²) in [5.74, 6) is 0.321. The van der Waals surface area contributed by atoms with Crippen molar-refractivity contribution in [1.29, 1.82) is 0 Å². The van der Waals surface area contributed by atoms with Gasteiger partial charge in [-0.2, -0.15) is 0 Å². The summed E-state index contributed by atoms with van der Waals surface area (Å²) in [7, 11) is 1.30. The zero-order chi connectivity index (χ0) is 13.3. The van der Waals surface area contributed by atoms with E-state index in [9.17, 15) is 8.42 Å². The van der Waals surface area contributed by atoms with Crippen LogP contribution < -0.4 is 4.74 Å². The van der Waals surface area contributed by atoms with E-state index in [2.05, 4.69) is 0 Å². The molecule has 0 amide bonds. The molecule has 8 heteroatoms. The summed E-state index contributed by atoms with van der Waals surface area (Å²) in [5, 5.41) is 0.119. The molecule has 18 heavy (non-hydrogen) atoms. The van der Waals surface area contributed by atoms with Crippen molar-refractivity contribution >= 4 is 42.9 Å². The van der Waals surface area contributed by atoms with E-state index in [0.29, 0.717) is 19.0 Å². The maximum Gasteiger partial charge on any atom is 0.262 e. The third-order valence-electron chi connectivity index (χ3n) is 2.43. The molecule has 0 N–H and O–H groups in total. The van der Waals surface area contributed by atoms with Crippen LogP contribution in [0.15, 0.2) is 17.0 Å². The second-order valence-corrected chi connectivity index (χ2v) is 7.10. The molecule has 1 aliphatic heterocycles. The molecule has 0 aromatic heterocycles. The molecule has 1 aromatic rings. The predicted octanol–water partition coefficient (Wildman–Crippen LogP) is 3.09. The van der Waals surface area contributed by atoms with Gasteiger partial charge in [0.1, 0.15) is 16.7 Å². The molecule has 0 saturated carbocycles. The molecule has 100 valence electrons. The lowest BCUT2D eigenvalue weighted by Crippen LogP contribution is -2.16. The summed E-state index contributed by atoms with van der Waals surface area (Å²) >= 11 is 11.8. The zero-order valence-electron chi connectivity index (χ0n) is 9.03. The molecule has 1 fully saturated rings. The molecule has 1 unspecified atom stereocenters. The Kier molecular flexibility index (Phi) is 4.29. The number of ether oxygens (including phenoxy) is 2. The highest BCUT2D eigenvalue weighted by Gasteiger charge is 2.22. The van der Waals surface area contributed by atoms with E-state index in [4.69, 9.17) is 43.4 Å². The van der Waals surface area contributed by atoms with Crippen molar-refractivity contribution in [2.45, 2.75) is 17.4 Å². The fourth-order valence-electron chi connectivity index (χ4n) is 1.57. The minimum absolute atomic E-state index is 0.0247. The SMILES string of the molecule is O=S(=O)(Cl)c1cc(Cl)c(OC2CCOC2)cc1Cl. The first-order valence-corrected chi connectivity index (χ1v) is 8.12. The number of halogens is 3. The molecular weight excluding hydrogens is 323 g/mol.